The first-order valence-corrected chi connectivity index (χ1v) is 8.41. The molecule has 2 aromatic rings. The van der Waals surface area contributed by atoms with E-state index in [9.17, 15) is 4.79 Å². The van der Waals surface area contributed by atoms with Crippen molar-refractivity contribution in [2.45, 2.75) is 25.9 Å². The number of imidazole rings is 1. The molecule has 0 bridgehead atoms. The lowest BCUT2D eigenvalue weighted by Gasteiger charge is -2.37. The Kier molecular flexibility index (Phi) is 4.59. The second-order valence-corrected chi connectivity index (χ2v) is 6.76. The number of hydrogen-bond donors (Lipinski definition) is 0. The zero-order chi connectivity index (χ0) is 15.5. The Morgan fingerprint density at radius 1 is 1.55 bits per heavy atom. The van der Waals surface area contributed by atoms with Crippen molar-refractivity contribution in [3.63, 3.8) is 0 Å². The van der Waals surface area contributed by atoms with Gasteiger partial charge in [0.2, 0.25) is 0 Å². The Morgan fingerprint density at radius 2 is 2.41 bits per heavy atom. The number of ether oxygens (including phenoxy) is 1. The van der Waals surface area contributed by atoms with Crippen LogP contribution in [0.5, 0.6) is 0 Å². The van der Waals surface area contributed by atoms with Gasteiger partial charge in [-0.15, -0.1) is 11.3 Å². The number of rotatable bonds is 4. The lowest BCUT2D eigenvalue weighted by molar-refractivity contribution is 0.0602. The number of esters is 1. The maximum atomic E-state index is 11.8. The number of piperidine rings is 1. The molecule has 0 amide bonds. The second kappa shape index (κ2) is 6.62. The first-order chi connectivity index (χ1) is 10.7. The molecule has 118 valence electrons. The van der Waals surface area contributed by atoms with Crippen LogP contribution in [0.4, 0.5) is 0 Å². The third kappa shape index (κ3) is 3.08. The van der Waals surface area contributed by atoms with Gasteiger partial charge in [-0.05, 0) is 35.9 Å². The predicted molar refractivity (Wildman–Crippen MR) is 86.0 cm³/mol. The molecule has 2 aromatic heterocycles. The first kappa shape index (κ1) is 15.2. The van der Waals surface area contributed by atoms with E-state index in [0.29, 0.717) is 12.0 Å². The van der Waals surface area contributed by atoms with Crippen LogP contribution in [-0.4, -0.2) is 40.6 Å². The molecule has 22 heavy (non-hydrogen) atoms. The minimum Gasteiger partial charge on any atom is -0.465 e. The summed E-state index contributed by atoms with van der Waals surface area (Å²) in [7, 11) is 1.43. The van der Waals surface area contributed by atoms with E-state index >= 15 is 0 Å². The fourth-order valence-electron chi connectivity index (χ4n) is 3.08. The number of thiophene rings is 1. The molecule has 1 fully saturated rings. The Bertz CT molecular complexity index is 623. The second-order valence-electron chi connectivity index (χ2n) is 5.84. The van der Waals surface area contributed by atoms with Gasteiger partial charge in [-0.2, -0.15) is 0 Å². The van der Waals surface area contributed by atoms with Crippen LogP contribution in [0.25, 0.3) is 0 Å². The first-order valence-electron chi connectivity index (χ1n) is 7.53. The van der Waals surface area contributed by atoms with E-state index in [1.807, 2.05) is 30.2 Å². The molecular weight excluding hydrogens is 298 g/mol. The maximum absolute atomic E-state index is 11.8. The largest absolute Gasteiger partial charge is 0.465 e. The van der Waals surface area contributed by atoms with Crippen molar-refractivity contribution in [3.05, 3.63) is 40.6 Å². The summed E-state index contributed by atoms with van der Waals surface area (Å²) in [4.78, 5) is 19.1. The van der Waals surface area contributed by atoms with Gasteiger partial charge >= 0.3 is 5.97 Å². The monoisotopic (exact) mass is 319 g/mol. The predicted octanol–water partition coefficient (Wildman–Crippen LogP) is 2.81. The van der Waals surface area contributed by atoms with Gasteiger partial charge in [0.25, 0.3) is 0 Å². The van der Waals surface area contributed by atoms with E-state index in [1.165, 1.54) is 18.4 Å². The molecule has 0 aromatic carbocycles. The lowest BCUT2D eigenvalue weighted by atomic mass is 9.93. The molecule has 2 atom stereocenters. The average Bonchev–Trinajstić information content (AvgIpc) is 3.20. The van der Waals surface area contributed by atoms with E-state index in [1.54, 1.807) is 0 Å². The summed E-state index contributed by atoms with van der Waals surface area (Å²) in [5.41, 5.74) is 1.07. The van der Waals surface area contributed by atoms with Crippen LogP contribution in [0.3, 0.4) is 0 Å². The van der Waals surface area contributed by atoms with Crippen molar-refractivity contribution >= 4 is 17.3 Å². The summed E-state index contributed by atoms with van der Waals surface area (Å²) in [6.07, 6.45) is 6.92. The van der Waals surface area contributed by atoms with Crippen LogP contribution in [0, 0.1) is 5.92 Å². The van der Waals surface area contributed by atoms with E-state index in [4.69, 9.17) is 4.74 Å². The Morgan fingerprint density at radius 3 is 3.14 bits per heavy atom. The summed E-state index contributed by atoms with van der Waals surface area (Å²) in [5.74, 6) is 0.398. The van der Waals surface area contributed by atoms with Crippen LogP contribution in [0.2, 0.25) is 0 Å². The van der Waals surface area contributed by atoms with E-state index in [0.717, 1.165) is 36.5 Å². The van der Waals surface area contributed by atoms with Crippen molar-refractivity contribution in [3.8, 4) is 0 Å². The summed E-state index contributed by atoms with van der Waals surface area (Å²) in [5, 5.41) is 1.96. The highest BCUT2D eigenvalue weighted by Gasteiger charge is 2.28. The van der Waals surface area contributed by atoms with Gasteiger partial charge in [0.05, 0.1) is 13.4 Å². The normalized spacial score (nSPS) is 22.6. The highest BCUT2D eigenvalue weighted by molar-refractivity contribution is 7.12. The SMILES string of the molecule is COC(=O)c1sccc1CN1CC[C@@H](C)[C@H](n2ccnc2)C1. The lowest BCUT2D eigenvalue weighted by Crippen LogP contribution is -2.40. The average molecular weight is 319 g/mol. The van der Waals surface area contributed by atoms with Gasteiger partial charge in [-0.1, -0.05) is 6.92 Å². The smallest absolute Gasteiger partial charge is 0.348 e. The van der Waals surface area contributed by atoms with Crippen LogP contribution in [-0.2, 0) is 11.3 Å². The quantitative estimate of drug-likeness (QED) is 0.813. The summed E-state index contributed by atoms with van der Waals surface area (Å²) >= 11 is 1.45. The van der Waals surface area contributed by atoms with Crippen LogP contribution >= 0.6 is 11.3 Å². The van der Waals surface area contributed by atoms with E-state index in [-0.39, 0.29) is 5.97 Å². The van der Waals surface area contributed by atoms with Crippen molar-refractivity contribution < 1.29 is 9.53 Å². The van der Waals surface area contributed by atoms with Crippen LogP contribution in [0.1, 0.15) is 34.6 Å². The van der Waals surface area contributed by atoms with E-state index < -0.39 is 0 Å². The van der Waals surface area contributed by atoms with Crippen molar-refractivity contribution in [2.24, 2.45) is 5.92 Å². The highest BCUT2D eigenvalue weighted by Crippen LogP contribution is 2.29. The van der Waals surface area contributed by atoms with Gasteiger partial charge < -0.3 is 9.30 Å². The molecule has 3 heterocycles. The van der Waals surface area contributed by atoms with Gasteiger partial charge in [-0.3, -0.25) is 4.90 Å². The van der Waals surface area contributed by atoms with Crippen molar-refractivity contribution in [1.29, 1.82) is 0 Å². The highest BCUT2D eigenvalue weighted by atomic mass is 32.1. The number of nitrogens with zero attached hydrogens (tertiary/aromatic N) is 3. The van der Waals surface area contributed by atoms with Crippen LogP contribution < -0.4 is 0 Å². The third-order valence-electron chi connectivity index (χ3n) is 4.42. The minimum absolute atomic E-state index is 0.235. The topological polar surface area (TPSA) is 47.4 Å². The van der Waals surface area contributed by atoms with E-state index in [2.05, 4.69) is 21.4 Å². The van der Waals surface area contributed by atoms with Crippen molar-refractivity contribution in [1.82, 2.24) is 14.5 Å². The number of carbonyl (C=O) groups excluding carboxylic acids is 1. The Hall–Kier alpha value is -1.66. The third-order valence-corrected chi connectivity index (χ3v) is 5.36. The fraction of sp³-hybridized carbons (Fsp3) is 0.500. The van der Waals surface area contributed by atoms with Crippen LogP contribution in [0.15, 0.2) is 30.2 Å². The molecule has 0 saturated carbocycles. The summed E-state index contributed by atoms with van der Waals surface area (Å²) < 4.78 is 7.06. The molecule has 0 aliphatic carbocycles. The summed E-state index contributed by atoms with van der Waals surface area (Å²) in [6, 6.07) is 2.47. The molecule has 0 N–H and O–H groups in total. The minimum atomic E-state index is -0.235. The fourth-order valence-corrected chi connectivity index (χ4v) is 3.92. The number of hydrogen-bond acceptors (Lipinski definition) is 5. The number of likely N-dealkylation sites (tertiary alicyclic amines) is 1. The molecule has 1 aliphatic heterocycles. The zero-order valence-electron chi connectivity index (χ0n) is 12.9. The molecule has 5 nitrogen and oxygen atoms in total. The number of carbonyl (C=O) groups is 1. The Balaban J connectivity index is 1.71. The molecule has 3 rings (SSSR count). The molecule has 0 spiro atoms. The number of aromatic nitrogens is 2. The zero-order valence-corrected chi connectivity index (χ0v) is 13.8. The Labute approximate surface area is 134 Å². The van der Waals surface area contributed by atoms with Crippen molar-refractivity contribution in [2.75, 3.05) is 20.2 Å². The molecule has 6 heteroatoms. The van der Waals surface area contributed by atoms with Gasteiger partial charge in [0.15, 0.2) is 0 Å². The van der Waals surface area contributed by atoms with Gasteiger partial charge in [-0.25, -0.2) is 9.78 Å². The molecule has 0 radical (unpaired) electrons. The molecule has 1 saturated heterocycles. The number of methoxy groups -OCH3 is 1. The molecular formula is C16H21N3O2S. The standard InChI is InChI=1S/C16H21N3O2S/c1-12-3-6-18(10-14(12)19-7-5-17-11-19)9-13-4-8-22-15(13)16(20)21-2/h4-5,7-8,11-12,14H,3,6,9-10H2,1-2H3/t12-,14-/m1/s1. The van der Waals surface area contributed by atoms with Gasteiger partial charge in [0.1, 0.15) is 4.88 Å². The molecule has 0 unspecified atom stereocenters. The summed E-state index contributed by atoms with van der Waals surface area (Å²) in [6.45, 7) is 5.13. The molecule has 1 aliphatic rings. The maximum Gasteiger partial charge on any atom is 0.348 e. The van der Waals surface area contributed by atoms with Gasteiger partial charge in [0, 0.05) is 31.5 Å².